The topological polar surface area (TPSA) is 53.6 Å². The fourth-order valence-electron chi connectivity index (χ4n) is 1.82. The molecule has 0 atom stereocenters. The molecule has 4 nitrogen and oxygen atoms in total. The molecule has 1 fully saturated rings. The lowest BCUT2D eigenvalue weighted by atomic mass is 10.2. The Hall–Kier alpha value is -0.680. The Kier molecular flexibility index (Phi) is 5.57. The van der Waals surface area contributed by atoms with Gasteiger partial charge >= 0.3 is 0 Å². The van der Waals surface area contributed by atoms with Crippen LogP contribution < -0.4 is 11.2 Å². The van der Waals surface area contributed by atoms with Gasteiger partial charge in [0.15, 0.2) is 5.11 Å². The predicted molar refractivity (Wildman–Crippen MR) is 67.9 cm³/mol. The average molecular weight is 228 g/mol. The first-order valence-electron chi connectivity index (χ1n) is 5.55. The quantitative estimate of drug-likeness (QED) is 0.560. The largest absolute Gasteiger partial charge is 0.375 e. The standard InChI is InChI=1S/C10H20N4S/c1-2-6-14-7-3-4-9(5-8-14)12-13-10(11)15/h2-8H2,1H3,(H3,11,13,15). The third-order valence-electron chi connectivity index (χ3n) is 2.52. The molecule has 0 bridgehead atoms. The fraction of sp³-hybridized carbons (Fsp3) is 0.800. The summed E-state index contributed by atoms with van der Waals surface area (Å²) in [7, 11) is 0. The van der Waals surface area contributed by atoms with E-state index in [0.29, 0.717) is 0 Å². The maximum Gasteiger partial charge on any atom is 0.184 e. The van der Waals surface area contributed by atoms with Crippen LogP contribution in [0.25, 0.3) is 0 Å². The Morgan fingerprint density at radius 3 is 3.00 bits per heavy atom. The van der Waals surface area contributed by atoms with Crippen molar-refractivity contribution in [2.75, 3.05) is 19.6 Å². The molecule has 0 saturated carbocycles. The monoisotopic (exact) mass is 228 g/mol. The molecule has 0 unspecified atom stereocenters. The van der Waals surface area contributed by atoms with Gasteiger partial charge in [-0.3, -0.25) is 5.43 Å². The Morgan fingerprint density at radius 1 is 1.53 bits per heavy atom. The number of hydrogen-bond donors (Lipinski definition) is 2. The van der Waals surface area contributed by atoms with E-state index in [0.717, 1.165) is 19.4 Å². The second-order valence-electron chi connectivity index (χ2n) is 3.85. The number of nitrogens with one attached hydrogen (secondary N) is 1. The summed E-state index contributed by atoms with van der Waals surface area (Å²) in [6, 6.07) is 0. The molecule has 15 heavy (non-hydrogen) atoms. The van der Waals surface area contributed by atoms with Gasteiger partial charge in [-0.1, -0.05) is 6.92 Å². The fourth-order valence-corrected chi connectivity index (χ4v) is 1.86. The number of hydrazone groups is 1. The van der Waals surface area contributed by atoms with Crippen LogP contribution in [0.15, 0.2) is 5.10 Å². The summed E-state index contributed by atoms with van der Waals surface area (Å²) in [6.07, 6.45) is 4.47. The van der Waals surface area contributed by atoms with E-state index in [1.807, 2.05) is 0 Å². The maximum absolute atomic E-state index is 5.33. The minimum atomic E-state index is 0.247. The molecule has 0 amide bonds. The van der Waals surface area contributed by atoms with Crippen molar-refractivity contribution in [2.45, 2.75) is 32.6 Å². The van der Waals surface area contributed by atoms with Crippen LogP contribution in [0.2, 0.25) is 0 Å². The van der Waals surface area contributed by atoms with Crippen molar-refractivity contribution in [1.82, 2.24) is 10.3 Å². The molecule has 1 aliphatic rings. The predicted octanol–water partition coefficient (Wildman–Crippen LogP) is 1.07. The zero-order chi connectivity index (χ0) is 11.1. The second kappa shape index (κ2) is 6.74. The molecule has 0 aromatic rings. The van der Waals surface area contributed by atoms with E-state index >= 15 is 0 Å². The van der Waals surface area contributed by atoms with Crippen molar-refractivity contribution in [3.63, 3.8) is 0 Å². The summed E-state index contributed by atoms with van der Waals surface area (Å²) < 4.78 is 0. The van der Waals surface area contributed by atoms with Crippen LogP contribution in [0.3, 0.4) is 0 Å². The molecule has 5 heteroatoms. The van der Waals surface area contributed by atoms with Gasteiger partial charge in [0.05, 0.1) is 0 Å². The summed E-state index contributed by atoms with van der Waals surface area (Å²) in [4.78, 5) is 2.49. The van der Waals surface area contributed by atoms with Gasteiger partial charge in [0.25, 0.3) is 0 Å². The molecule has 0 radical (unpaired) electrons. The normalized spacial score (nSPS) is 21.3. The first-order valence-corrected chi connectivity index (χ1v) is 5.96. The van der Waals surface area contributed by atoms with Crippen molar-refractivity contribution < 1.29 is 0 Å². The molecule has 0 aromatic carbocycles. The molecule has 0 spiro atoms. The van der Waals surface area contributed by atoms with Gasteiger partial charge in [-0.15, -0.1) is 0 Å². The highest BCUT2D eigenvalue weighted by atomic mass is 32.1. The van der Waals surface area contributed by atoms with Gasteiger partial charge in [0.1, 0.15) is 0 Å². The number of thiocarbonyl (C=S) groups is 1. The Balaban J connectivity index is 2.38. The molecule has 3 N–H and O–H groups in total. The van der Waals surface area contributed by atoms with Gasteiger partial charge < -0.3 is 10.6 Å². The van der Waals surface area contributed by atoms with Gasteiger partial charge in [-0.25, -0.2) is 0 Å². The highest BCUT2D eigenvalue weighted by Gasteiger charge is 2.11. The van der Waals surface area contributed by atoms with Crippen LogP contribution in [0.1, 0.15) is 32.6 Å². The van der Waals surface area contributed by atoms with E-state index in [1.54, 1.807) is 0 Å². The van der Waals surface area contributed by atoms with Gasteiger partial charge in [-0.2, -0.15) is 5.10 Å². The molecule has 86 valence electrons. The minimum absolute atomic E-state index is 0.247. The molecule has 1 rings (SSSR count). The third kappa shape index (κ3) is 5.09. The second-order valence-corrected chi connectivity index (χ2v) is 4.29. The zero-order valence-electron chi connectivity index (χ0n) is 9.33. The lowest BCUT2D eigenvalue weighted by Gasteiger charge is -2.17. The number of hydrogen-bond acceptors (Lipinski definition) is 3. The van der Waals surface area contributed by atoms with E-state index in [2.05, 4.69) is 22.4 Å². The van der Waals surface area contributed by atoms with Crippen molar-refractivity contribution >= 4 is 23.0 Å². The summed E-state index contributed by atoms with van der Waals surface area (Å²) in [5.41, 5.74) is 9.18. The number of rotatable bonds is 3. The maximum atomic E-state index is 5.33. The van der Waals surface area contributed by atoms with Gasteiger partial charge in [-0.05, 0) is 44.6 Å². The Morgan fingerprint density at radius 2 is 2.33 bits per heavy atom. The SMILES string of the molecule is CCCN1CCCC(=NNC(N)=S)CC1. The lowest BCUT2D eigenvalue weighted by molar-refractivity contribution is 0.288. The highest BCUT2D eigenvalue weighted by Crippen LogP contribution is 2.08. The van der Waals surface area contributed by atoms with Crippen LogP contribution in [-0.4, -0.2) is 35.4 Å². The first-order chi connectivity index (χ1) is 7.22. The Labute approximate surface area is 96.9 Å². The van der Waals surface area contributed by atoms with Crippen molar-refractivity contribution in [3.05, 3.63) is 0 Å². The van der Waals surface area contributed by atoms with E-state index in [4.69, 9.17) is 18.0 Å². The van der Waals surface area contributed by atoms with Crippen LogP contribution in [-0.2, 0) is 0 Å². The highest BCUT2D eigenvalue weighted by molar-refractivity contribution is 7.80. The average Bonchev–Trinajstić information content (AvgIpc) is 2.41. The molecule has 0 aromatic heterocycles. The molecule has 1 heterocycles. The summed E-state index contributed by atoms with van der Waals surface area (Å²) >= 11 is 4.71. The van der Waals surface area contributed by atoms with Crippen LogP contribution in [0.5, 0.6) is 0 Å². The van der Waals surface area contributed by atoms with Crippen LogP contribution >= 0.6 is 12.2 Å². The molecular formula is C10H20N4S. The Bertz CT molecular complexity index is 240. The molecule has 0 aliphatic carbocycles. The smallest absolute Gasteiger partial charge is 0.184 e. The van der Waals surface area contributed by atoms with E-state index in [1.165, 1.54) is 31.6 Å². The van der Waals surface area contributed by atoms with Gasteiger partial charge in [0.2, 0.25) is 0 Å². The minimum Gasteiger partial charge on any atom is -0.375 e. The number of likely N-dealkylation sites (tertiary alicyclic amines) is 1. The van der Waals surface area contributed by atoms with Crippen molar-refractivity contribution in [3.8, 4) is 0 Å². The first kappa shape index (κ1) is 12.4. The van der Waals surface area contributed by atoms with E-state index in [9.17, 15) is 0 Å². The lowest BCUT2D eigenvalue weighted by Crippen LogP contribution is -2.27. The van der Waals surface area contributed by atoms with Gasteiger partial charge in [0, 0.05) is 18.7 Å². The summed E-state index contributed by atoms with van der Waals surface area (Å²) in [5, 5.41) is 4.46. The van der Waals surface area contributed by atoms with E-state index in [-0.39, 0.29) is 5.11 Å². The molecule has 1 saturated heterocycles. The summed E-state index contributed by atoms with van der Waals surface area (Å²) in [6.45, 7) is 5.69. The van der Waals surface area contributed by atoms with Crippen molar-refractivity contribution in [2.24, 2.45) is 10.8 Å². The zero-order valence-corrected chi connectivity index (χ0v) is 10.1. The van der Waals surface area contributed by atoms with E-state index < -0.39 is 0 Å². The molecule has 1 aliphatic heterocycles. The summed E-state index contributed by atoms with van der Waals surface area (Å²) in [5.74, 6) is 0. The van der Waals surface area contributed by atoms with Crippen LogP contribution in [0, 0.1) is 0 Å². The molecular weight excluding hydrogens is 208 g/mol. The van der Waals surface area contributed by atoms with Crippen LogP contribution in [0.4, 0.5) is 0 Å². The number of nitrogens with zero attached hydrogens (tertiary/aromatic N) is 2. The number of nitrogens with two attached hydrogens (primary N) is 1. The van der Waals surface area contributed by atoms with Crippen molar-refractivity contribution in [1.29, 1.82) is 0 Å². The third-order valence-corrected chi connectivity index (χ3v) is 2.61.